The Morgan fingerprint density at radius 2 is 2.32 bits per heavy atom. The van der Waals surface area contributed by atoms with E-state index in [1.807, 2.05) is 32.9 Å². The van der Waals surface area contributed by atoms with Crippen molar-refractivity contribution in [3.8, 4) is 11.5 Å². The molecule has 2 aromatic rings. The van der Waals surface area contributed by atoms with Crippen LogP contribution in [0.15, 0.2) is 28.9 Å². The second-order valence-corrected chi connectivity index (χ2v) is 4.49. The van der Waals surface area contributed by atoms with Gasteiger partial charge in [0.2, 0.25) is 0 Å². The maximum atomic E-state index is 12.0. The number of carbonyl (C=O) groups excluding carboxylic acids is 1. The molecule has 0 aliphatic rings. The van der Waals surface area contributed by atoms with E-state index in [1.54, 1.807) is 17.0 Å². The normalized spacial score (nSPS) is 12.4. The molecule has 1 N–H and O–H groups in total. The summed E-state index contributed by atoms with van der Waals surface area (Å²) in [6.07, 6.45) is 2.51. The minimum Gasteiger partial charge on any atom is -0.463 e. The van der Waals surface area contributed by atoms with Gasteiger partial charge in [0.05, 0.1) is 6.26 Å². The molecule has 2 aromatic heterocycles. The van der Waals surface area contributed by atoms with Crippen molar-refractivity contribution in [1.29, 1.82) is 0 Å². The number of furan rings is 1. The third-order valence-corrected chi connectivity index (χ3v) is 3.08. The highest BCUT2D eigenvalue weighted by Crippen LogP contribution is 2.21. The lowest BCUT2D eigenvalue weighted by Crippen LogP contribution is -2.32. The Hall–Kier alpha value is -2.04. The number of aryl methyl sites for hydroxylation is 1. The Labute approximate surface area is 112 Å². The van der Waals surface area contributed by atoms with Gasteiger partial charge in [-0.3, -0.25) is 9.48 Å². The Kier molecular flexibility index (Phi) is 4.04. The number of hydrogen-bond donors (Lipinski definition) is 1. The molecule has 0 aliphatic carbocycles. The van der Waals surface area contributed by atoms with Crippen LogP contribution in [0, 0.1) is 0 Å². The first-order valence-electron chi connectivity index (χ1n) is 6.58. The number of nitrogens with one attached hydrogen (secondary N) is 1. The number of amides is 1. The molecule has 5 heteroatoms. The molecule has 5 nitrogen and oxygen atoms in total. The van der Waals surface area contributed by atoms with Crippen LogP contribution in [0.25, 0.3) is 11.5 Å². The fraction of sp³-hybridized carbons (Fsp3) is 0.429. The molecule has 2 heterocycles. The molecule has 102 valence electrons. The molecule has 0 saturated heterocycles. The number of hydrogen-bond acceptors (Lipinski definition) is 3. The van der Waals surface area contributed by atoms with Crippen LogP contribution >= 0.6 is 0 Å². The number of carbonyl (C=O) groups is 1. The molecule has 19 heavy (non-hydrogen) atoms. The summed E-state index contributed by atoms with van der Waals surface area (Å²) in [5.41, 5.74) is 1.25. The molecular weight excluding hydrogens is 242 g/mol. The van der Waals surface area contributed by atoms with Gasteiger partial charge >= 0.3 is 0 Å². The van der Waals surface area contributed by atoms with E-state index in [9.17, 15) is 4.79 Å². The maximum absolute atomic E-state index is 12.0. The van der Waals surface area contributed by atoms with E-state index < -0.39 is 0 Å². The number of aromatic nitrogens is 2. The van der Waals surface area contributed by atoms with Gasteiger partial charge in [-0.25, -0.2) is 0 Å². The van der Waals surface area contributed by atoms with Gasteiger partial charge in [0.1, 0.15) is 5.69 Å². The predicted molar refractivity (Wildman–Crippen MR) is 72.8 cm³/mol. The van der Waals surface area contributed by atoms with Gasteiger partial charge in [0, 0.05) is 18.7 Å². The van der Waals surface area contributed by atoms with Crippen molar-refractivity contribution in [2.24, 2.45) is 0 Å². The zero-order chi connectivity index (χ0) is 13.8. The molecule has 1 unspecified atom stereocenters. The van der Waals surface area contributed by atoms with Crippen LogP contribution in [0.1, 0.15) is 37.7 Å². The maximum Gasteiger partial charge on any atom is 0.272 e. The highest BCUT2D eigenvalue weighted by molar-refractivity contribution is 5.93. The van der Waals surface area contributed by atoms with Gasteiger partial charge in [0.15, 0.2) is 11.5 Å². The lowest BCUT2D eigenvalue weighted by atomic mass is 10.2. The first-order valence-corrected chi connectivity index (χ1v) is 6.58. The molecule has 1 atom stereocenters. The van der Waals surface area contributed by atoms with Crippen LogP contribution in [-0.4, -0.2) is 21.7 Å². The van der Waals surface area contributed by atoms with Gasteiger partial charge in [-0.2, -0.15) is 5.10 Å². The third-order valence-electron chi connectivity index (χ3n) is 3.08. The van der Waals surface area contributed by atoms with Crippen molar-refractivity contribution in [1.82, 2.24) is 15.1 Å². The third kappa shape index (κ3) is 2.86. The summed E-state index contributed by atoms with van der Waals surface area (Å²) in [6.45, 7) is 6.68. The largest absolute Gasteiger partial charge is 0.463 e. The van der Waals surface area contributed by atoms with Crippen molar-refractivity contribution in [3.63, 3.8) is 0 Å². The van der Waals surface area contributed by atoms with Gasteiger partial charge in [-0.1, -0.05) is 6.92 Å². The van der Waals surface area contributed by atoms with Gasteiger partial charge in [0.25, 0.3) is 5.91 Å². The SMILES string of the molecule is CCC(C)NC(=O)c1cc(-c2ccco2)n(CC)n1. The first kappa shape index (κ1) is 13.4. The molecule has 0 aliphatic heterocycles. The van der Waals surface area contributed by atoms with Crippen LogP contribution < -0.4 is 5.32 Å². The fourth-order valence-corrected chi connectivity index (χ4v) is 1.79. The summed E-state index contributed by atoms with van der Waals surface area (Å²) >= 11 is 0. The van der Waals surface area contributed by atoms with Crippen LogP contribution in [-0.2, 0) is 6.54 Å². The molecule has 0 saturated carbocycles. The molecule has 0 fully saturated rings. The van der Waals surface area contributed by atoms with Crippen LogP contribution in [0.2, 0.25) is 0 Å². The summed E-state index contributed by atoms with van der Waals surface area (Å²) in [6, 6.07) is 5.59. The van der Waals surface area contributed by atoms with Crippen molar-refractivity contribution >= 4 is 5.91 Å². The fourth-order valence-electron chi connectivity index (χ4n) is 1.79. The van der Waals surface area contributed by atoms with Gasteiger partial charge in [-0.05, 0) is 32.4 Å². The van der Waals surface area contributed by atoms with Crippen LogP contribution in [0.3, 0.4) is 0 Å². The minimum atomic E-state index is -0.144. The monoisotopic (exact) mass is 261 g/mol. The van der Waals surface area contributed by atoms with Crippen molar-refractivity contribution in [2.75, 3.05) is 0 Å². The molecular formula is C14H19N3O2. The Morgan fingerprint density at radius 1 is 1.53 bits per heavy atom. The molecule has 0 aromatic carbocycles. The predicted octanol–water partition coefficient (Wildman–Crippen LogP) is 2.69. The lowest BCUT2D eigenvalue weighted by Gasteiger charge is -2.09. The second-order valence-electron chi connectivity index (χ2n) is 4.49. The second kappa shape index (κ2) is 5.73. The van der Waals surface area contributed by atoms with Crippen LogP contribution in [0.5, 0.6) is 0 Å². The smallest absolute Gasteiger partial charge is 0.272 e. The Bertz CT molecular complexity index is 543. The highest BCUT2D eigenvalue weighted by atomic mass is 16.3. The van der Waals surface area contributed by atoms with E-state index in [1.165, 1.54) is 0 Å². The zero-order valence-corrected chi connectivity index (χ0v) is 11.5. The summed E-state index contributed by atoms with van der Waals surface area (Å²) in [7, 11) is 0. The average Bonchev–Trinajstić information content (AvgIpc) is 3.06. The first-order chi connectivity index (χ1) is 9.15. The topological polar surface area (TPSA) is 60.1 Å². The van der Waals surface area contributed by atoms with E-state index in [2.05, 4.69) is 10.4 Å². The van der Waals surface area contributed by atoms with E-state index in [0.29, 0.717) is 12.2 Å². The Balaban J connectivity index is 2.26. The van der Waals surface area contributed by atoms with Crippen molar-refractivity contribution < 1.29 is 9.21 Å². The van der Waals surface area contributed by atoms with E-state index in [-0.39, 0.29) is 11.9 Å². The summed E-state index contributed by atoms with van der Waals surface area (Å²) in [5, 5.41) is 7.23. The lowest BCUT2D eigenvalue weighted by molar-refractivity contribution is 0.0933. The average molecular weight is 261 g/mol. The highest BCUT2D eigenvalue weighted by Gasteiger charge is 2.17. The minimum absolute atomic E-state index is 0.144. The van der Waals surface area contributed by atoms with E-state index in [0.717, 1.165) is 17.9 Å². The summed E-state index contributed by atoms with van der Waals surface area (Å²) in [5.74, 6) is 0.575. The van der Waals surface area contributed by atoms with Crippen molar-refractivity contribution in [2.45, 2.75) is 39.8 Å². The van der Waals surface area contributed by atoms with Gasteiger partial charge in [-0.15, -0.1) is 0 Å². The van der Waals surface area contributed by atoms with Gasteiger partial charge < -0.3 is 9.73 Å². The van der Waals surface area contributed by atoms with E-state index in [4.69, 9.17) is 4.42 Å². The Morgan fingerprint density at radius 3 is 2.89 bits per heavy atom. The molecule has 0 spiro atoms. The van der Waals surface area contributed by atoms with E-state index >= 15 is 0 Å². The molecule has 2 rings (SSSR count). The number of rotatable bonds is 5. The molecule has 0 bridgehead atoms. The summed E-state index contributed by atoms with van der Waals surface area (Å²) in [4.78, 5) is 12.0. The standard InChI is InChI=1S/C14H19N3O2/c1-4-10(3)15-14(18)11-9-12(17(5-2)16-11)13-7-6-8-19-13/h6-10H,4-5H2,1-3H3,(H,15,18). The molecule has 0 radical (unpaired) electrons. The zero-order valence-electron chi connectivity index (χ0n) is 11.5. The number of nitrogens with zero attached hydrogens (tertiary/aromatic N) is 2. The molecule has 1 amide bonds. The van der Waals surface area contributed by atoms with Crippen molar-refractivity contribution in [3.05, 3.63) is 30.2 Å². The quantitative estimate of drug-likeness (QED) is 0.900. The van der Waals surface area contributed by atoms with Crippen LogP contribution in [0.4, 0.5) is 0 Å². The summed E-state index contributed by atoms with van der Waals surface area (Å²) < 4.78 is 7.13.